The first-order valence-corrected chi connectivity index (χ1v) is 9.88. The molecule has 2 N–H and O–H groups in total. The van der Waals surface area contributed by atoms with Gasteiger partial charge in [-0.2, -0.15) is 0 Å². The predicted octanol–water partition coefficient (Wildman–Crippen LogP) is 5.24. The summed E-state index contributed by atoms with van der Waals surface area (Å²) in [6, 6.07) is 23.0. The average Bonchev–Trinajstić information content (AvgIpc) is 2.83. The number of pyridine rings is 1. The first-order chi connectivity index (χ1) is 15.2. The zero-order valence-corrected chi connectivity index (χ0v) is 17.4. The average molecular weight is 413 g/mol. The lowest BCUT2D eigenvalue weighted by molar-refractivity contribution is 0.251. The summed E-state index contributed by atoms with van der Waals surface area (Å²) in [5, 5.41) is 6.70. The van der Waals surface area contributed by atoms with E-state index >= 15 is 0 Å². The molecule has 0 fully saturated rings. The molecule has 31 heavy (non-hydrogen) atoms. The number of nitrogens with zero attached hydrogens (tertiary/aromatic N) is 1. The maximum atomic E-state index is 12.6. The van der Waals surface area contributed by atoms with Gasteiger partial charge in [-0.3, -0.25) is 4.98 Å². The van der Waals surface area contributed by atoms with Crippen molar-refractivity contribution in [2.24, 2.45) is 0 Å². The van der Waals surface area contributed by atoms with Crippen molar-refractivity contribution >= 4 is 22.6 Å². The van der Waals surface area contributed by atoms with Crippen molar-refractivity contribution in [2.75, 3.05) is 19.5 Å². The molecule has 2 amide bonds. The molecule has 0 atom stereocenters. The van der Waals surface area contributed by atoms with E-state index in [1.807, 2.05) is 72.8 Å². The van der Waals surface area contributed by atoms with E-state index in [0.717, 1.165) is 27.6 Å². The van der Waals surface area contributed by atoms with Crippen molar-refractivity contribution in [3.05, 3.63) is 84.6 Å². The van der Waals surface area contributed by atoms with Gasteiger partial charge in [-0.05, 0) is 17.2 Å². The van der Waals surface area contributed by atoms with Crippen molar-refractivity contribution in [2.45, 2.75) is 6.54 Å². The van der Waals surface area contributed by atoms with Gasteiger partial charge >= 0.3 is 6.03 Å². The van der Waals surface area contributed by atoms with Gasteiger partial charge in [0.25, 0.3) is 0 Å². The second-order valence-corrected chi connectivity index (χ2v) is 6.93. The molecule has 0 radical (unpaired) electrons. The van der Waals surface area contributed by atoms with E-state index in [4.69, 9.17) is 9.47 Å². The number of aromatic nitrogens is 1. The number of carbonyl (C=O) groups is 1. The topological polar surface area (TPSA) is 72.5 Å². The summed E-state index contributed by atoms with van der Waals surface area (Å²) in [4.78, 5) is 17.2. The van der Waals surface area contributed by atoms with Gasteiger partial charge in [-0.25, -0.2) is 4.79 Å². The van der Waals surface area contributed by atoms with Gasteiger partial charge in [0.2, 0.25) is 0 Å². The van der Waals surface area contributed by atoms with Crippen LogP contribution in [0.3, 0.4) is 0 Å². The molecule has 1 heterocycles. The molecular formula is C25H23N3O3. The van der Waals surface area contributed by atoms with Crippen molar-refractivity contribution in [1.82, 2.24) is 10.3 Å². The van der Waals surface area contributed by atoms with Crippen LogP contribution >= 0.6 is 0 Å². The number of hydrogen-bond acceptors (Lipinski definition) is 4. The van der Waals surface area contributed by atoms with Gasteiger partial charge in [0, 0.05) is 23.6 Å². The summed E-state index contributed by atoms with van der Waals surface area (Å²) in [6.45, 7) is 0.430. The number of nitrogens with one attached hydrogen (secondary N) is 2. The van der Waals surface area contributed by atoms with Gasteiger partial charge in [0.05, 0.1) is 31.6 Å². The minimum absolute atomic E-state index is 0.303. The van der Waals surface area contributed by atoms with Crippen molar-refractivity contribution in [3.63, 3.8) is 0 Å². The van der Waals surface area contributed by atoms with Crippen molar-refractivity contribution in [3.8, 4) is 22.6 Å². The van der Waals surface area contributed by atoms with Gasteiger partial charge in [-0.1, -0.05) is 60.7 Å². The maximum absolute atomic E-state index is 12.6. The number of anilines is 1. The summed E-state index contributed by atoms with van der Waals surface area (Å²) in [7, 11) is 3.19. The number of urea groups is 1. The third kappa shape index (κ3) is 4.43. The molecule has 6 nitrogen and oxygen atoms in total. The zero-order chi connectivity index (χ0) is 21.6. The van der Waals surface area contributed by atoms with E-state index in [1.165, 1.54) is 0 Å². The minimum atomic E-state index is -0.303. The Kier molecular flexibility index (Phi) is 5.98. The SMILES string of the molecule is COc1cc2ncc(NC(=O)NCc3ccccc3)c(-c3ccccc3)c2cc1OC. The second-order valence-electron chi connectivity index (χ2n) is 6.93. The molecule has 3 aromatic carbocycles. The number of ether oxygens (including phenoxy) is 2. The molecule has 0 aliphatic carbocycles. The Morgan fingerprint density at radius 1 is 0.903 bits per heavy atom. The van der Waals surface area contributed by atoms with Crippen LogP contribution in [-0.4, -0.2) is 25.2 Å². The second kappa shape index (κ2) is 9.17. The molecule has 4 rings (SSSR count). The number of benzene rings is 3. The monoisotopic (exact) mass is 413 g/mol. The van der Waals surface area contributed by atoms with Gasteiger partial charge in [-0.15, -0.1) is 0 Å². The fourth-order valence-corrected chi connectivity index (χ4v) is 3.47. The number of methoxy groups -OCH3 is 2. The Morgan fingerprint density at radius 2 is 1.55 bits per heavy atom. The maximum Gasteiger partial charge on any atom is 0.319 e. The fraction of sp³-hybridized carbons (Fsp3) is 0.120. The Hall–Kier alpha value is -4.06. The lowest BCUT2D eigenvalue weighted by Gasteiger charge is -2.16. The van der Waals surface area contributed by atoms with Crippen LogP contribution in [0.5, 0.6) is 11.5 Å². The van der Waals surface area contributed by atoms with Crippen LogP contribution in [0.1, 0.15) is 5.56 Å². The van der Waals surface area contributed by atoms with Crippen molar-refractivity contribution in [1.29, 1.82) is 0 Å². The van der Waals surface area contributed by atoms with E-state index in [9.17, 15) is 4.79 Å². The molecule has 6 heteroatoms. The quantitative estimate of drug-likeness (QED) is 0.453. The third-order valence-electron chi connectivity index (χ3n) is 4.98. The number of rotatable bonds is 6. The highest BCUT2D eigenvalue weighted by atomic mass is 16.5. The Bertz CT molecular complexity index is 1200. The van der Waals surface area contributed by atoms with E-state index in [0.29, 0.717) is 23.7 Å². The van der Waals surface area contributed by atoms with Crippen LogP contribution in [0.25, 0.3) is 22.0 Å². The van der Waals surface area contributed by atoms with E-state index in [2.05, 4.69) is 15.6 Å². The van der Waals surface area contributed by atoms with Crippen LogP contribution in [0.2, 0.25) is 0 Å². The number of hydrogen-bond donors (Lipinski definition) is 2. The molecule has 0 unspecified atom stereocenters. The van der Waals surface area contributed by atoms with Crippen LogP contribution < -0.4 is 20.1 Å². The number of carbonyl (C=O) groups excluding carboxylic acids is 1. The molecular weight excluding hydrogens is 390 g/mol. The Balaban J connectivity index is 1.73. The first-order valence-electron chi connectivity index (χ1n) is 9.88. The van der Waals surface area contributed by atoms with Crippen LogP contribution in [0.4, 0.5) is 10.5 Å². The highest BCUT2D eigenvalue weighted by Crippen LogP contribution is 2.39. The molecule has 156 valence electrons. The predicted molar refractivity (Wildman–Crippen MR) is 123 cm³/mol. The Labute approximate surface area is 180 Å². The number of amides is 2. The summed E-state index contributed by atoms with van der Waals surface area (Å²) in [6.07, 6.45) is 1.67. The molecule has 0 saturated heterocycles. The zero-order valence-electron chi connectivity index (χ0n) is 17.4. The van der Waals surface area contributed by atoms with E-state index < -0.39 is 0 Å². The van der Waals surface area contributed by atoms with Crippen LogP contribution in [0.15, 0.2) is 79.0 Å². The Morgan fingerprint density at radius 3 is 2.23 bits per heavy atom. The smallest absolute Gasteiger partial charge is 0.319 e. The molecule has 4 aromatic rings. The fourth-order valence-electron chi connectivity index (χ4n) is 3.47. The highest BCUT2D eigenvalue weighted by Gasteiger charge is 2.16. The van der Waals surface area contributed by atoms with Crippen LogP contribution in [-0.2, 0) is 6.54 Å². The normalized spacial score (nSPS) is 10.5. The largest absolute Gasteiger partial charge is 0.493 e. The van der Waals surface area contributed by atoms with Gasteiger partial charge in [0.1, 0.15) is 0 Å². The molecule has 0 spiro atoms. The lowest BCUT2D eigenvalue weighted by Crippen LogP contribution is -2.28. The lowest BCUT2D eigenvalue weighted by atomic mass is 9.99. The van der Waals surface area contributed by atoms with Crippen molar-refractivity contribution < 1.29 is 14.3 Å². The molecule has 0 bridgehead atoms. The van der Waals surface area contributed by atoms with E-state index in [-0.39, 0.29) is 6.03 Å². The highest BCUT2D eigenvalue weighted by molar-refractivity contribution is 6.05. The number of fused-ring (bicyclic) bond motifs is 1. The molecule has 1 aromatic heterocycles. The molecule has 0 aliphatic rings. The summed E-state index contributed by atoms with van der Waals surface area (Å²) in [5.74, 6) is 1.20. The standard InChI is InChI=1S/C25H23N3O3/c1-30-22-13-19-20(14-23(22)31-2)26-16-21(24(19)18-11-7-4-8-12-18)28-25(29)27-15-17-9-5-3-6-10-17/h3-14,16H,15H2,1-2H3,(H2,27,28,29). The summed E-state index contributed by atoms with van der Waals surface area (Å²) >= 11 is 0. The minimum Gasteiger partial charge on any atom is -0.493 e. The first kappa shape index (κ1) is 20.2. The molecule has 0 aliphatic heterocycles. The van der Waals surface area contributed by atoms with Crippen LogP contribution in [0, 0.1) is 0 Å². The van der Waals surface area contributed by atoms with Gasteiger partial charge < -0.3 is 20.1 Å². The third-order valence-corrected chi connectivity index (χ3v) is 4.98. The summed E-state index contributed by atoms with van der Waals surface area (Å²) in [5.41, 5.74) is 4.19. The van der Waals surface area contributed by atoms with E-state index in [1.54, 1.807) is 20.4 Å². The molecule has 0 saturated carbocycles. The summed E-state index contributed by atoms with van der Waals surface area (Å²) < 4.78 is 10.9. The van der Waals surface area contributed by atoms with Gasteiger partial charge in [0.15, 0.2) is 11.5 Å².